The molecule has 0 saturated carbocycles. The van der Waals surface area contributed by atoms with Gasteiger partial charge in [-0.25, -0.2) is 0 Å². The van der Waals surface area contributed by atoms with E-state index in [1.165, 1.54) is 0 Å². The minimum absolute atomic E-state index is 0.0267. The number of morpholine rings is 1. The highest BCUT2D eigenvalue weighted by Gasteiger charge is 2.38. The minimum Gasteiger partial charge on any atom is -0.377 e. The topological polar surface area (TPSA) is 60.0 Å². The number of ether oxygens (including phenoxy) is 3. The molecule has 1 N–H and O–H groups in total. The number of amides is 1. The Morgan fingerprint density at radius 3 is 2.41 bits per heavy atom. The number of methoxy groups -OCH3 is 2. The number of carbonyl (C=O) groups excluding carboxylic acids is 1. The molecule has 6 nitrogen and oxygen atoms in total. The summed E-state index contributed by atoms with van der Waals surface area (Å²) in [5, 5.41) is 3.15. The number of nitrogens with zero attached hydrogens (tertiary/aromatic N) is 1. The van der Waals surface area contributed by atoms with Crippen LogP contribution in [0.5, 0.6) is 0 Å². The summed E-state index contributed by atoms with van der Waals surface area (Å²) in [6.45, 7) is 3.14. The van der Waals surface area contributed by atoms with Crippen molar-refractivity contribution in [3.8, 4) is 0 Å². The fraction of sp³-hybridized carbons (Fsp3) is 0.909. The summed E-state index contributed by atoms with van der Waals surface area (Å²) < 4.78 is 16.1. The van der Waals surface area contributed by atoms with Crippen molar-refractivity contribution in [2.75, 3.05) is 47.0 Å². The van der Waals surface area contributed by atoms with Gasteiger partial charge in [-0.1, -0.05) is 0 Å². The molecule has 6 heteroatoms. The Kier molecular flexibility index (Phi) is 4.33. The summed E-state index contributed by atoms with van der Waals surface area (Å²) in [6, 6.07) is 0. The molecule has 0 bridgehead atoms. The van der Waals surface area contributed by atoms with E-state index >= 15 is 0 Å². The summed E-state index contributed by atoms with van der Waals surface area (Å²) in [5.74, 6) is 0.0267. The van der Waals surface area contributed by atoms with Crippen molar-refractivity contribution in [1.29, 1.82) is 0 Å². The number of carbonyl (C=O) groups is 1. The molecule has 2 rings (SSSR count). The van der Waals surface area contributed by atoms with Crippen LogP contribution in [0.4, 0.5) is 0 Å². The van der Waals surface area contributed by atoms with Gasteiger partial charge >= 0.3 is 0 Å². The van der Waals surface area contributed by atoms with Crippen LogP contribution in [0.15, 0.2) is 0 Å². The standard InChI is InChI=1S/C11H20N2O4/c1-15-9-6-13(7-10(9)16-2)11(14)8-5-12-3-4-17-8/h8-10,12H,3-7H2,1-2H3. The lowest BCUT2D eigenvalue weighted by Gasteiger charge is -2.27. The average Bonchev–Trinajstić information content (AvgIpc) is 2.82. The Labute approximate surface area is 101 Å². The Balaban J connectivity index is 1.92. The van der Waals surface area contributed by atoms with Gasteiger partial charge in [0.2, 0.25) is 0 Å². The minimum atomic E-state index is -0.364. The summed E-state index contributed by atoms with van der Waals surface area (Å²) in [7, 11) is 3.28. The zero-order valence-electron chi connectivity index (χ0n) is 10.3. The molecule has 0 radical (unpaired) electrons. The van der Waals surface area contributed by atoms with E-state index in [0.717, 1.165) is 6.54 Å². The van der Waals surface area contributed by atoms with Crippen molar-refractivity contribution in [2.24, 2.45) is 0 Å². The van der Waals surface area contributed by atoms with E-state index in [2.05, 4.69) is 5.32 Å². The molecule has 0 aromatic carbocycles. The molecule has 2 saturated heterocycles. The Hall–Kier alpha value is -0.690. The monoisotopic (exact) mass is 244 g/mol. The van der Waals surface area contributed by atoms with Crippen LogP contribution in [0.3, 0.4) is 0 Å². The Bertz CT molecular complexity index is 256. The lowest BCUT2D eigenvalue weighted by Crippen LogP contribution is -2.49. The van der Waals surface area contributed by atoms with E-state index in [1.807, 2.05) is 0 Å². The molecule has 3 unspecified atom stereocenters. The Morgan fingerprint density at radius 1 is 1.29 bits per heavy atom. The van der Waals surface area contributed by atoms with Crippen LogP contribution in [-0.4, -0.2) is 76.1 Å². The zero-order valence-corrected chi connectivity index (χ0v) is 10.3. The highest BCUT2D eigenvalue weighted by molar-refractivity contribution is 5.81. The van der Waals surface area contributed by atoms with Crippen molar-refractivity contribution >= 4 is 5.91 Å². The predicted octanol–water partition coefficient (Wildman–Crippen LogP) is -1.15. The van der Waals surface area contributed by atoms with Crippen LogP contribution in [0, 0.1) is 0 Å². The van der Waals surface area contributed by atoms with Gasteiger partial charge in [-0.2, -0.15) is 0 Å². The van der Waals surface area contributed by atoms with Gasteiger partial charge in [0.15, 0.2) is 0 Å². The molecule has 2 fully saturated rings. The van der Waals surface area contributed by atoms with E-state index in [-0.39, 0.29) is 24.2 Å². The molecule has 1 amide bonds. The maximum atomic E-state index is 12.2. The second-order valence-corrected chi connectivity index (χ2v) is 4.36. The van der Waals surface area contributed by atoms with Crippen molar-refractivity contribution < 1.29 is 19.0 Å². The molecule has 3 atom stereocenters. The molecule has 0 spiro atoms. The molecule has 98 valence electrons. The lowest BCUT2D eigenvalue weighted by molar-refractivity contribution is -0.144. The van der Waals surface area contributed by atoms with E-state index in [1.54, 1.807) is 19.1 Å². The summed E-state index contributed by atoms with van der Waals surface area (Å²) in [5.41, 5.74) is 0. The number of hydrogen-bond donors (Lipinski definition) is 1. The quantitative estimate of drug-likeness (QED) is 0.679. The van der Waals surface area contributed by atoms with Gasteiger partial charge in [0, 0.05) is 40.4 Å². The SMILES string of the molecule is COC1CN(C(=O)C2CNCCO2)CC1OC. The highest BCUT2D eigenvalue weighted by atomic mass is 16.5. The fourth-order valence-corrected chi connectivity index (χ4v) is 2.30. The smallest absolute Gasteiger partial charge is 0.253 e. The van der Waals surface area contributed by atoms with Gasteiger partial charge in [-0.05, 0) is 0 Å². The fourth-order valence-electron chi connectivity index (χ4n) is 2.30. The number of likely N-dealkylation sites (tertiary alicyclic amines) is 1. The molecular formula is C11H20N2O4. The van der Waals surface area contributed by atoms with E-state index in [0.29, 0.717) is 26.2 Å². The van der Waals surface area contributed by atoms with Gasteiger partial charge in [0.25, 0.3) is 5.91 Å². The first-order valence-electron chi connectivity index (χ1n) is 5.93. The number of rotatable bonds is 3. The Morgan fingerprint density at radius 2 is 1.94 bits per heavy atom. The third-order valence-electron chi connectivity index (χ3n) is 3.34. The second-order valence-electron chi connectivity index (χ2n) is 4.36. The highest BCUT2D eigenvalue weighted by Crippen LogP contribution is 2.17. The van der Waals surface area contributed by atoms with Crippen LogP contribution >= 0.6 is 0 Å². The first kappa shape index (κ1) is 12.8. The molecule has 0 aromatic heterocycles. The van der Waals surface area contributed by atoms with Crippen LogP contribution in [-0.2, 0) is 19.0 Å². The van der Waals surface area contributed by atoms with E-state index in [4.69, 9.17) is 14.2 Å². The largest absolute Gasteiger partial charge is 0.377 e. The lowest BCUT2D eigenvalue weighted by atomic mass is 10.2. The van der Waals surface area contributed by atoms with E-state index in [9.17, 15) is 4.79 Å². The molecule has 2 aliphatic heterocycles. The van der Waals surface area contributed by atoms with Crippen molar-refractivity contribution in [3.63, 3.8) is 0 Å². The summed E-state index contributed by atoms with van der Waals surface area (Å²) in [6.07, 6.45) is -0.446. The summed E-state index contributed by atoms with van der Waals surface area (Å²) >= 11 is 0. The van der Waals surface area contributed by atoms with Gasteiger partial charge in [-0.3, -0.25) is 4.79 Å². The van der Waals surface area contributed by atoms with Gasteiger partial charge in [0.05, 0.1) is 6.61 Å². The molecular weight excluding hydrogens is 224 g/mol. The number of hydrogen-bond acceptors (Lipinski definition) is 5. The second kappa shape index (κ2) is 5.77. The number of nitrogens with one attached hydrogen (secondary N) is 1. The van der Waals surface area contributed by atoms with Gasteiger partial charge in [0.1, 0.15) is 18.3 Å². The van der Waals surface area contributed by atoms with Crippen molar-refractivity contribution in [3.05, 3.63) is 0 Å². The summed E-state index contributed by atoms with van der Waals surface area (Å²) in [4.78, 5) is 13.9. The van der Waals surface area contributed by atoms with Crippen LogP contribution < -0.4 is 5.32 Å². The third kappa shape index (κ3) is 2.77. The molecule has 0 aromatic rings. The molecule has 17 heavy (non-hydrogen) atoms. The third-order valence-corrected chi connectivity index (χ3v) is 3.34. The zero-order chi connectivity index (χ0) is 12.3. The maximum absolute atomic E-state index is 12.2. The molecule has 2 aliphatic rings. The van der Waals surface area contributed by atoms with Crippen LogP contribution in [0.2, 0.25) is 0 Å². The average molecular weight is 244 g/mol. The first-order chi connectivity index (χ1) is 8.26. The maximum Gasteiger partial charge on any atom is 0.253 e. The van der Waals surface area contributed by atoms with Crippen molar-refractivity contribution in [2.45, 2.75) is 18.3 Å². The normalized spacial score (nSPS) is 34.0. The first-order valence-corrected chi connectivity index (χ1v) is 5.93. The predicted molar refractivity (Wildman–Crippen MR) is 60.8 cm³/mol. The van der Waals surface area contributed by atoms with Crippen LogP contribution in [0.25, 0.3) is 0 Å². The van der Waals surface area contributed by atoms with Gasteiger partial charge < -0.3 is 24.4 Å². The van der Waals surface area contributed by atoms with Crippen molar-refractivity contribution in [1.82, 2.24) is 10.2 Å². The van der Waals surface area contributed by atoms with Gasteiger partial charge in [-0.15, -0.1) is 0 Å². The van der Waals surface area contributed by atoms with Crippen LogP contribution in [0.1, 0.15) is 0 Å². The molecule has 0 aliphatic carbocycles. The van der Waals surface area contributed by atoms with E-state index < -0.39 is 0 Å². The molecule has 2 heterocycles.